The van der Waals surface area contributed by atoms with Gasteiger partial charge >= 0.3 is 0 Å². The molecular formula is C14H13F2NO2S. The minimum absolute atomic E-state index is 0.270. The smallest absolute Gasteiger partial charge is 0.267 e. The van der Waals surface area contributed by atoms with Crippen molar-refractivity contribution in [1.82, 2.24) is 0 Å². The van der Waals surface area contributed by atoms with E-state index < -0.39 is 26.6 Å². The summed E-state index contributed by atoms with van der Waals surface area (Å²) in [5, 5.41) is 0. The number of hydrogen-bond acceptors (Lipinski definition) is 2. The molecule has 2 rings (SSSR count). The van der Waals surface area contributed by atoms with E-state index in [9.17, 15) is 17.2 Å². The van der Waals surface area contributed by atoms with Crippen molar-refractivity contribution >= 4 is 15.7 Å². The zero-order valence-corrected chi connectivity index (χ0v) is 11.5. The number of nitrogens with one attached hydrogen (secondary N) is 1. The van der Waals surface area contributed by atoms with Crippen LogP contribution < -0.4 is 4.72 Å². The van der Waals surface area contributed by atoms with Gasteiger partial charge in [0.2, 0.25) is 0 Å². The summed E-state index contributed by atoms with van der Waals surface area (Å²) in [6.07, 6.45) is 0.726. The van der Waals surface area contributed by atoms with Gasteiger partial charge in [-0.1, -0.05) is 25.1 Å². The van der Waals surface area contributed by atoms with E-state index in [1.54, 1.807) is 12.1 Å². The van der Waals surface area contributed by atoms with Crippen molar-refractivity contribution in [1.29, 1.82) is 0 Å². The average Bonchev–Trinajstić information content (AvgIpc) is 2.37. The minimum Gasteiger partial charge on any atom is -0.279 e. The Labute approximate surface area is 116 Å². The monoisotopic (exact) mass is 297 g/mol. The summed E-state index contributed by atoms with van der Waals surface area (Å²) in [4.78, 5) is -0.970. The summed E-state index contributed by atoms with van der Waals surface area (Å²) in [6, 6.07) is 9.57. The molecule has 0 spiro atoms. The lowest BCUT2D eigenvalue weighted by atomic mass is 10.1. The first-order valence-corrected chi connectivity index (χ1v) is 7.48. The van der Waals surface area contributed by atoms with Crippen molar-refractivity contribution in [2.45, 2.75) is 18.2 Å². The molecule has 2 aromatic rings. The number of hydrogen-bond donors (Lipinski definition) is 1. The van der Waals surface area contributed by atoms with E-state index in [0.717, 1.165) is 30.2 Å². The second-order valence-corrected chi connectivity index (χ2v) is 5.83. The lowest BCUT2D eigenvalue weighted by molar-refractivity contribution is 0.521. The van der Waals surface area contributed by atoms with Crippen LogP contribution in [0, 0.1) is 11.6 Å². The molecule has 0 aliphatic heterocycles. The maximum Gasteiger partial charge on any atom is 0.267 e. The Kier molecular flexibility index (Phi) is 4.04. The number of sulfonamides is 1. The van der Waals surface area contributed by atoms with Crippen LogP contribution >= 0.6 is 0 Å². The maximum atomic E-state index is 13.5. The van der Waals surface area contributed by atoms with Crippen molar-refractivity contribution in [3.8, 4) is 0 Å². The Morgan fingerprint density at radius 3 is 2.25 bits per heavy atom. The molecule has 3 nitrogen and oxygen atoms in total. The molecule has 0 saturated carbocycles. The van der Waals surface area contributed by atoms with Crippen molar-refractivity contribution in [2.24, 2.45) is 0 Å². The van der Waals surface area contributed by atoms with Crippen LogP contribution in [-0.2, 0) is 16.4 Å². The SMILES string of the molecule is CCc1cccc(NS(=O)(=O)c2c(F)cccc2F)c1. The van der Waals surface area contributed by atoms with E-state index >= 15 is 0 Å². The molecule has 6 heteroatoms. The fourth-order valence-electron chi connectivity index (χ4n) is 1.80. The maximum absolute atomic E-state index is 13.5. The molecule has 0 atom stereocenters. The van der Waals surface area contributed by atoms with Crippen molar-refractivity contribution in [2.75, 3.05) is 4.72 Å². The quantitative estimate of drug-likeness (QED) is 0.941. The number of halogens is 2. The molecule has 0 aromatic heterocycles. The molecule has 0 saturated heterocycles. The van der Waals surface area contributed by atoms with Crippen LogP contribution in [0.5, 0.6) is 0 Å². The number of aryl methyl sites for hydroxylation is 1. The van der Waals surface area contributed by atoms with Gasteiger partial charge in [0.05, 0.1) is 0 Å². The highest BCUT2D eigenvalue weighted by Crippen LogP contribution is 2.22. The third kappa shape index (κ3) is 2.96. The normalized spacial score (nSPS) is 11.3. The summed E-state index contributed by atoms with van der Waals surface area (Å²) < 4.78 is 53.4. The summed E-state index contributed by atoms with van der Waals surface area (Å²) in [5.74, 6) is -2.24. The van der Waals surface area contributed by atoms with E-state index in [1.807, 2.05) is 13.0 Å². The highest BCUT2D eigenvalue weighted by molar-refractivity contribution is 7.92. The highest BCUT2D eigenvalue weighted by Gasteiger charge is 2.23. The van der Waals surface area contributed by atoms with Gasteiger partial charge in [-0.05, 0) is 36.2 Å². The van der Waals surface area contributed by atoms with Crippen LogP contribution in [0.3, 0.4) is 0 Å². The minimum atomic E-state index is -4.30. The molecule has 1 N–H and O–H groups in total. The second-order valence-electron chi connectivity index (χ2n) is 4.21. The Morgan fingerprint density at radius 1 is 1.05 bits per heavy atom. The van der Waals surface area contributed by atoms with Crippen molar-refractivity contribution < 1.29 is 17.2 Å². The van der Waals surface area contributed by atoms with Gasteiger partial charge < -0.3 is 0 Å². The zero-order chi connectivity index (χ0) is 14.8. The third-order valence-electron chi connectivity index (χ3n) is 2.78. The molecule has 0 fully saturated rings. The first-order valence-electron chi connectivity index (χ1n) is 6.00. The Morgan fingerprint density at radius 2 is 1.65 bits per heavy atom. The van der Waals surface area contributed by atoms with E-state index in [1.165, 1.54) is 6.07 Å². The van der Waals surface area contributed by atoms with Crippen LogP contribution in [-0.4, -0.2) is 8.42 Å². The summed E-state index contributed by atoms with van der Waals surface area (Å²) in [6.45, 7) is 1.92. The number of benzene rings is 2. The molecule has 2 aromatic carbocycles. The number of anilines is 1. The largest absolute Gasteiger partial charge is 0.279 e. The third-order valence-corrected chi connectivity index (χ3v) is 4.21. The second kappa shape index (κ2) is 5.58. The van der Waals surface area contributed by atoms with Crippen LogP contribution in [0.25, 0.3) is 0 Å². The van der Waals surface area contributed by atoms with Crippen LogP contribution in [0.2, 0.25) is 0 Å². The molecule has 20 heavy (non-hydrogen) atoms. The van der Waals surface area contributed by atoms with E-state index in [0.29, 0.717) is 0 Å². The predicted molar refractivity (Wildman–Crippen MR) is 73.0 cm³/mol. The zero-order valence-electron chi connectivity index (χ0n) is 10.7. The topological polar surface area (TPSA) is 46.2 Å². The first-order chi connectivity index (χ1) is 9.44. The lowest BCUT2D eigenvalue weighted by Gasteiger charge is -2.10. The Hall–Kier alpha value is -1.95. The van der Waals surface area contributed by atoms with E-state index in [2.05, 4.69) is 4.72 Å². The van der Waals surface area contributed by atoms with E-state index in [4.69, 9.17) is 0 Å². The van der Waals surface area contributed by atoms with Gasteiger partial charge in [-0.2, -0.15) is 0 Å². The van der Waals surface area contributed by atoms with Crippen LogP contribution in [0.1, 0.15) is 12.5 Å². The standard InChI is InChI=1S/C14H13F2NO2S/c1-2-10-5-3-6-11(9-10)17-20(18,19)14-12(15)7-4-8-13(14)16/h3-9,17H,2H2,1H3. The fourth-order valence-corrected chi connectivity index (χ4v) is 2.99. The first kappa shape index (κ1) is 14.5. The van der Waals surface area contributed by atoms with Gasteiger partial charge in [-0.25, -0.2) is 17.2 Å². The molecule has 0 heterocycles. The van der Waals surface area contributed by atoms with Crippen LogP contribution in [0.15, 0.2) is 47.4 Å². The molecule has 0 amide bonds. The molecular weight excluding hydrogens is 284 g/mol. The van der Waals surface area contributed by atoms with Crippen molar-refractivity contribution in [3.63, 3.8) is 0 Å². The lowest BCUT2D eigenvalue weighted by Crippen LogP contribution is -2.16. The summed E-state index contributed by atoms with van der Waals surface area (Å²) >= 11 is 0. The molecule has 0 radical (unpaired) electrons. The summed E-state index contributed by atoms with van der Waals surface area (Å²) in [5.41, 5.74) is 1.19. The van der Waals surface area contributed by atoms with Gasteiger partial charge in [0.15, 0.2) is 4.90 Å². The van der Waals surface area contributed by atoms with Gasteiger partial charge in [-0.15, -0.1) is 0 Å². The average molecular weight is 297 g/mol. The Balaban J connectivity index is 2.41. The molecule has 106 valence electrons. The molecule has 0 aliphatic carbocycles. The van der Waals surface area contributed by atoms with Gasteiger partial charge in [0.25, 0.3) is 10.0 Å². The molecule has 0 aliphatic rings. The van der Waals surface area contributed by atoms with Gasteiger partial charge in [0.1, 0.15) is 11.6 Å². The fraction of sp³-hybridized carbons (Fsp3) is 0.143. The molecule has 0 bridgehead atoms. The highest BCUT2D eigenvalue weighted by atomic mass is 32.2. The predicted octanol–water partition coefficient (Wildman–Crippen LogP) is 3.33. The van der Waals surface area contributed by atoms with Gasteiger partial charge in [-0.3, -0.25) is 4.72 Å². The number of rotatable bonds is 4. The summed E-state index contributed by atoms with van der Waals surface area (Å²) in [7, 11) is -4.30. The van der Waals surface area contributed by atoms with E-state index in [-0.39, 0.29) is 5.69 Å². The molecule has 0 unspecified atom stereocenters. The van der Waals surface area contributed by atoms with Gasteiger partial charge in [0, 0.05) is 5.69 Å². The van der Waals surface area contributed by atoms with Crippen molar-refractivity contribution in [3.05, 3.63) is 59.7 Å². The van der Waals surface area contributed by atoms with Crippen LogP contribution in [0.4, 0.5) is 14.5 Å². The Bertz CT molecular complexity index is 709.